The Kier molecular flexibility index (Phi) is 4.36. The molecule has 0 bridgehead atoms. The molecule has 8 rings (SSSR count). The molecule has 0 saturated heterocycles. The second-order valence-electron chi connectivity index (χ2n) is 10.4. The molecule has 0 radical (unpaired) electrons. The molecular formula is C37H25N. The maximum Gasteiger partial charge on any atom is 0.0400 e. The molecule has 8 aromatic carbocycles. The van der Waals surface area contributed by atoms with Crippen molar-refractivity contribution in [2.24, 2.45) is 0 Å². The Hall–Kier alpha value is -4.88. The van der Waals surface area contributed by atoms with Crippen molar-refractivity contribution in [3.8, 4) is 22.3 Å². The fourth-order valence-corrected chi connectivity index (χ4v) is 6.39. The van der Waals surface area contributed by atoms with E-state index in [1.165, 1.54) is 76.3 Å². The molecule has 8 aromatic rings. The Balaban J connectivity index is 1.47. The van der Waals surface area contributed by atoms with Crippen LogP contribution in [0.15, 0.2) is 121 Å². The van der Waals surface area contributed by atoms with Crippen molar-refractivity contribution in [1.29, 1.82) is 0 Å². The number of hydrogen-bond donors (Lipinski definition) is 1. The minimum absolute atomic E-state index is 0.823. The van der Waals surface area contributed by atoms with Crippen molar-refractivity contribution >= 4 is 59.5 Å². The summed E-state index contributed by atoms with van der Waals surface area (Å²) >= 11 is 0. The Morgan fingerprint density at radius 2 is 0.895 bits per heavy atom. The molecule has 0 aliphatic heterocycles. The molecule has 0 atom stereocenters. The van der Waals surface area contributed by atoms with Crippen molar-refractivity contribution in [3.05, 3.63) is 127 Å². The highest BCUT2D eigenvalue weighted by atomic mass is 14.6. The monoisotopic (exact) mass is 483 g/mol. The molecule has 178 valence electrons. The van der Waals surface area contributed by atoms with Crippen LogP contribution in [0, 0.1) is 6.92 Å². The van der Waals surface area contributed by atoms with Crippen LogP contribution in [0.4, 0.5) is 5.69 Å². The molecule has 0 amide bonds. The quantitative estimate of drug-likeness (QED) is 0.192. The third-order valence-electron chi connectivity index (χ3n) is 8.26. The van der Waals surface area contributed by atoms with E-state index in [0.717, 1.165) is 11.1 Å². The van der Waals surface area contributed by atoms with E-state index < -0.39 is 0 Å². The lowest BCUT2D eigenvalue weighted by atomic mass is 9.84. The van der Waals surface area contributed by atoms with Gasteiger partial charge in [-0.2, -0.15) is 0 Å². The number of aryl methyl sites for hydroxylation is 1. The number of nitrogen functional groups attached to an aromatic ring is 1. The highest BCUT2D eigenvalue weighted by molar-refractivity contribution is 6.30. The van der Waals surface area contributed by atoms with Crippen molar-refractivity contribution < 1.29 is 0 Å². The zero-order valence-electron chi connectivity index (χ0n) is 21.1. The molecule has 2 N–H and O–H groups in total. The maximum absolute atomic E-state index is 6.77. The fourth-order valence-electron chi connectivity index (χ4n) is 6.39. The van der Waals surface area contributed by atoms with Crippen LogP contribution >= 0.6 is 0 Å². The van der Waals surface area contributed by atoms with Gasteiger partial charge in [-0.3, -0.25) is 0 Å². The summed E-state index contributed by atoms with van der Waals surface area (Å²) in [5.41, 5.74) is 13.8. The van der Waals surface area contributed by atoms with Crippen LogP contribution in [0.2, 0.25) is 0 Å². The Bertz CT molecular complexity index is 2040. The number of rotatable bonds is 2. The normalized spacial score (nSPS) is 11.9. The summed E-state index contributed by atoms with van der Waals surface area (Å²) in [4.78, 5) is 0. The van der Waals surface area contributed by atoms with Gasteiger partial charge in [0.1, 0.15) is 0 Å². The zero-order chi connectivity index (χ0) is 25.4. The topological polar surface area (TPSA) is 26.0 Å². The Morgan fingerprint density at radius 1 is 0.421 bits per heavy atom. The first-order valence-electron chi connectivity index (χ1n) is 13.1. The summed E-state index contributed by atoms with van der Waals surface area (Å²) in [7, 11) is 0. The number of nitrogens with two attached hydrogens (primary N) is 1. The SMILES string of the molecule is Cc1cc(-c2ccc3ccccc3c2)c2ccc3c(N)cc(-c4ccc5ccccc5c4)c4ccc1c2c34. The van der Waals surface area contributed by atoms with Gasteiger partial charge in [0.05, 0.1) is 0 Å². The van der Waals surface area contributed by atoms with Gasteiger partial charge in [-0.25, -0.2) is 0 Å². The van der Waals surface area contributed by atoms with Gasteiger partial charge < -0.3 is 5.73 Å². The Labute approximate surface area is 221 Å². The molecule has 1 nitrogen and oxygen atoms in total. The standard InChI is InChI=1S/C37H25N/c1-22-18-33(27-12-10-23-6-2-4-8-25(23)19-27)30-16-17-32-35(38)21-34(31-15-14-29(22)36(30)37(31)32)28-13-11-24-7-3-5-9-26(24)20-28/h2-21H,38H2,1H3. The lowest BCUT2D eigenvalue weighted by Gasteiger charge is -2.19. The first-order valence-corrected chi connectivity index (χ1v) is 13.1. The van der Waals surface area contributed by atoms with E-state index in [9.17, 15) is 0 Å². The molecule has 0 spiro atoms. The molecule has 38 heavy (non-hydrogen) atoms. The second kappa shape index (κ2) is 7.81. The lowest BCUT2D eigenvalue weighted by molar-refractivity contribution is 1.54. The minimum atomic E-state index is 0.823. The van der Waals surface area contributed by atoms with E-state index in [4.69, 9.17) is 5.73 Å². The van der Waals surface area contributed by atoms with Gasteiger partial charge in [-0.15, -0.1) is 0 Å². The van der Waals surface area contributed by atoms with E-state index in [-0.39, 0.29) is 0 Å². The maximum atomic E-state index is 6.77. The molecule has 0 unspecified atom stereocenters. The van der Waals surface area contributed by atoms with E-state index in [1.807, 2.05) is 0 Å². The third-order valence-corrected chi connectivity index (χ3v) is 8.26. The lowest BCUT2D eigenvalue weighted by Crippen LogP contribution is -1.95. The van der Waals surface area contributed by atoms with E-state index in [1.54, 1.807) is 0 Å². The van der Waals surface area contributed by atoms with Gasteiger partial charge in [-0.05, 0) is 96.0 Å². The predicted octanol–water partition coefficient (Wildman–Crippen LogP) is 10.1. The molecule has 0 saturated carbocycles. The van der Waals surface area contributed by atoms with E-state index in [2.05, 4.69) is 128 Å². The number of fused-ring (bicyclic) bond motifs is 2. The summed E-state index contributed by atoms with van der Waals surface area (Å²) in [6, 6.07) is 44.2. The molecular weight excluding hydrogens is 458 g/mol. The summed E-state index contributed by atoms with van der Waals surface area (Å²) in [5, 5.41) is 12.5. The smallest absolute Gasteiger partial charge is 0.0400 e. The summed E-state index contributed by atoms with van der Waals surface area (Å²) in [5.74, 6) is 0. The predicted molar refractivity (Wildman–Crippen MR) is 165 cm³/mol. The molecule has 1 heteroatoms. The van der Waals surface area contributed by atoms with Crippen LogP contribution in [0.25, 0.3) is 76.1 Å². The number of hydrogen-bond acceptors (Lipinski definition) is 1. The third kappa shape index (κ3) is 2.99. The second-order valence-corrected chi connectivity index (χ2v) is 10.4. The largest absolute Gasteiger partial charge is 0.398 e. The molecule has 0 fully saturated rings. The van der Waals surface area contributed by atoms with Crippen molar-refractivity contribution in [3.63, 3.8) is 0 Å². The van der Waals surface area contributed by atoms with Gasteiger partial charge in [0.2, 0.25) is 0 Å². The van der Waals surface area contributed by atoms with Gasteiger partial charge >= 0.3 is 0 Å². The number of anilines is 1. The van der Waals surface area contributed by atoms with Crippen molar-refractivity contribution in [2.45, 2.75) is 6.92 Å². The molecule has 0 aliphatic rings. The summed E-state index contributed by atoms with van der Waals surface area (Å²) in [6.07, 6.45) is 0. The van der Waals surface area contributed by atoms with Gasteiger partial charge in [-0.1, -0.05) is 103 Å². The van der Waals surface area contributed by atoms with Crippen LogP contribution in [0.1, 0.15) is 5.56 Å². The van der Waals surface area contributed by atoms with E-state index in [0.29, 0.717) is 0 Å². The first-order chi connectivity index (χ1) is 18.7. The van der Waals surface area contributed by atoms with E-state index >= 15 is 0 Å². The average Bonchev–Trinajstić information content (AvgIpc) is 2.97. The van der Waals surface area contributed by atoms with Crippen LogP contribution < -0.4 is 5.73 Å². The average molecular weight is 484 g/mol. The highest BCUT2D eigenvalue weighted by Gasteiger charge is 2.18. The van der Waals surface area contributed by atoms with Gasteiger partial charge in [0.15, 0.2) is 0 Å². The molecule has 0 aromatic heterocycles. The van der Waals surface area contributed by atoms with Crippen LogP contribution in [-0.2, 0) is 0 Å². The Morgan fingerprint density at radius 3 is 1.50 bits per heavy atom. The zero-order valence-corrected chi connectivity index (χ0v) is 21.1. The van der Waals surface area contributed by atoms with Crippen LogP contribution in [0.5, 0.6) is 0 Å². The van der Waals surface area contributed by atoms with Gasteiger partial charge in [0, 0.05) is 16.5 Å². The number of benzene rings is 8. The minimum Gasteiger partial charge on any atom is -0.398 e. The fraction of sp³-hybridized carbons (Fsp3) is 0.0270. The summed E-state index contributed by atoms with van der Waals surface area (Å²) < 4.78 is 0. The van der Waals surface area contributed by atoms with Crippen LogP contribution in [-0.4, -0.2) is 0 Å². The molecule has 0 aliphatic carbocycles. The van der Waals surface area contributed by atoms with Crippen molar-refractivity contribution in [2.75, 3.05) is 5.73 Å². The highest BCUT2D eigenvalue weighted by Crippen LogP contribution is 2.45. The molecule has 0 heterocycles. The van der Waals surface area contributed by atoms with Crippen molar-refractivity contribution in [1.82, 2.24) is 0 Å². The first kappa shape index (κ1) is 21.2. The summed E-state index contributed by atoms with van der Waals surface area (Å²) in [6.45, 7) is 2.23. The van der Waals surface area contributed by atoms with Crippen LogP contribution in [0.3, 0.4) is 0 Å². The van der Waals surface area contributed by atoms with Gasteiger partial charge in [0.25, 0.3) is 0 Å².